The quantitative estimate of drug-likeness (QED) is 0.640. The van der Waals surface area contributed by atoms with Crippen LogP contribution in [0.2, 0.25) is 0 Å². The van der Waals surface area contributed by atoms with Gasteiger partial charge in [-0.2, -0.15) is 5.10 Å². The minimum atomic E-state index is -0.543. The molecule has 1 atom stereocenters. The molecule has 0 unspecified atom stereocenters. The number of rotatable bonds is 5. The van der Waals surface area contributed by atoms with Crippen molar-refractivity contribution in [2.24, 2.45) is 0 Å². The number of hydrogen-bond acceptors (Lipinski definition) is 6. The lowest BCUT2D eigenvalue weighted by molar-refractivity contribution is -0.107. The summed E-state index contributed by atoms with van der Waals surface area (Å²) in [5, 5.41) is 4.04. The van der Waals surface area contributed by atoms with Crippen LogP contribution in [-0.4, -0.2) is 39.5 Å². The maximum atomic E-state index is 14.8. The van der Waals surface area contributed by atoms with Gasteiger partial charge >= 0.3 is 0 Å². The summed E-state index contributed by atoms with van der Waals surface area (Å²) in [6.07, 6.45) is 6.20. The van der Waals surface area contributed by atoms with E-state index in [0.29, 0.717) is 35.6 Å². The predicted molar refractivity (Wildman–Crippen MR) is 92.8 cm³/mol. The molecule has 0 aliphatic carbocycles. The lowest BCUT2D eigenvalue weighted by atomic mass is 10.1. The fourth-order valence-corrected chi connectivity index (χ4v) is 3.56. The molecule has 1 aliphatic rings. The molecule has 27 heavy (non-hydrogen) atoms. The van der Waals surface area contributed by atoms with Gasteiger partial charge in [-0.15, -0.1) is 0 Å². The average Bonchev–Trinajstić information content (AvgIpc) is 3.28. The Morgan fingerprint density at radius 2 is 2.22 bits per heavy atom. The van der Waals surface area contributed by atoms with E-state index in [1.165, 1.54) is 30.1 Å². The van der Waals surface area contributed by atoms with E-state index in [1.54, 1.807) is 4.90 Å². The minimum Gasteiger partial charge on any atom is -0.481 e. The molecule has 3 aromatic heterocycles. The summed E-state index contributed by atoms with van der Waals surface area (Å²) in [5.74, 6) is -0.575. The number of aldehydes is 1. The number of carbonyl (C=O) groups excluding carboxylic acids is 1. The third-order valence-corrected chi connectivity index (χ3v) is 4.73. The van der Waals surface area contributed by atoms with Crippen LogP contribution in [0.4, 0.5) is 14.6 Å². The van der Waals surface area contributed by atoms with Crippen molar-refractivity contribution in [1.29, 1.82) is 0 Å². The second-order valence-corrected chi connectivity index (χ2v) is 6.32. The van der Waals surface area contributed by atoms with Gasteiger partial charge in [0.15, 0.2) is 17.3 Å². The second-order valence-electron chi connectivity index (χ2n) is 6.32. The molecule has 0 bridgehead atoms. The number of methoxy groups -OCH3 is 1. The summed E-state index contributed by atoms with van der Waals surface area (Å²) in [6, 6.07) is 1.05. The van der Waals surface area contributed by atoms with Crippen LogP contribution in [0.1, 0.15) is 30.0 Å². The van der Waals surface area contributed by atoms with Gasteiger partial charge < -0.3 is 14.4 Å². The largest absolute Gasteiger partial charge is 0.481 e. The Hall–Kier alpha value is -3.10. The molecule has 0 radical (unpaired) electrons. The normalized spacial score (nSPS) is 16.9. The first-order chi connectivity index (χ1) is 13.1. The van der Waals surface area contributed by atoms with E-state index in [1.807, 2.05) is 0 Å². The van der Waals surface area contributed by atoms with Gasteiger partial charge in [-0.25, -0.2) is 23.3 Å². The van der Waals surface area contributed by atoms with E-state index >= 15 is 0 Å². The Balaban J connectivity index is 1.80. The highest BCUT2D eigenvalue weighted by Crippen LogP contribution is 2.39. The van der Waals surface area contributed by atoms with Crippen LogP contribution in [0, 0.1) is 11.6 Å². The number of halogens is 2. The first-order valence-corrected chi connectivity index (χ1v) is 8.55. The summed E-state index contributed by atoms with van der Waals surface area (Å²) >= 11 is 0. The minimum absolute atomic E-state index is 0.143. The summed E-state index contributed by atoms with van der Waals surface area (Å²) in [7, 11) is 1.46. The SMILES string of the molecule is COc1ncc(F)cc1[C@H]1CCCN1c1nc2c(CC=O)cnn2cc1F. The third kappa shape index (κ3) is 2.98. The van der Waals surface area contributed by atoms with E-state index < -0.39 is 11.6 Å². The Morgan fingerprint density at radius 3 is 3.00 bits per heavy atom. The molecule has 0 amide bonds. The predicted octanol–water partition coefficient (Wildman–Crippen LogP) is 2.49. The van der Waals surface area contributed by atoms with Gasteiger partial charge in [0.05, 0.1) is 31.7 Å². The van der Waals surface area contributed by atoms with Crippen LogP contribution in [0.15, 0.2) is 24.7 Å². The molecule has 4 heterocycles. The summed E-state index contributed by atoms with van der Waals surface area (Å²) < 4.78 is 35.1. The van der Waals surface area contributed by atoms with Crippen molar-refractivity contribution in [1.82, 2.24) is 19.6 Å². The smallest absolute Gasteiger partial charge is 0.218 e. The number of pyridine rings is 1. The Kier molecular flexibility index (Phi) is 4.43. The van der Waals surface area contributed by atoms with Gasteiger partial charge in [0, 0.05) is 24.1 Å². The summed E-state index contributed by atoms with van der Waals surface area (Å²) in [4.78, 5) is 21.0. The molecular weight excluding hydrogens is 356 g/mol. The number of nitrogens with zero attached hydrogens (tertiary/aromatic N) is 5. The van der Waals surface area contributed by atoms with E-state index in [0.717, 1.165) is 18.9 Å². The van der Waals surface area contributed by atoms with E-state index in [2.05, 4.69) is 15.1 Å². The molecule has 140 valence electrons. The summed E-state index contributed by atoms with van der Waals surface area (Å²) in [6.45, 7) is 0.557. The zero-order valence-corrected chi connectivity index (χ0v) is 14.6. The molecule has 0 aromatic carbocycles. The zero-order valence-electron chi connectivity index (χ0n) is 14.6. The molecule has 1 aliphatic heterocycles. The standard InChI is InChI=1S/C18H17F2N5O2/c1-27-18-13(7-12(19)9-21-18)15-3-2-5-24(15)17-14(20)10-25-16(23-17)11(4-6-26)8-22-25/h6-10,15H,2-5H2,1H3/t15-/m1/s1. The number of hydrogen-bond donors (Lipinski definition) is 0. The van der Waals surface area contributed by atoms with Gasteiger partial charge in [0.2, 0.25) is 5.88 Å². The number of anilines is 1. The van der Waals surface area contributed by atoms with Crippen molar-refractivity contribution in [3.63, 3.8) is 0 Å². The number of carbonyl (C=O) groups is 1. The fraction of sp³-hybridized carbons (Fsp3) is 0.333. The van der Waals surface area contributed by atoms with Gasteiger partial charge in [0.25, 0.3) is 0 Å². The highest BCUT2D eigenvalue weighted by molar-refractivity contribution is 5.63. The van der Waals surface area contributed by atoms with Gasteiger partial charge in [0.1, 0.15) is 12.1 Å². The highest BCUT2D eigenvalue weighted by atomic mass is 19.1. The van der Waals surface area contributed by atoms with Gasteiger partial charge in [-0.1, -0.05) is 0 Å². The molecule has 0 spiro atoms. The van der Waals surface area contributed by atoms with Crippen molar-refractivity contribution in [2.45, 2.75) is 25.3 Å². The Labute approximate surface area is 153 Å². The summed E-state index contributed by atoms with van der Waals surface area (Å²) in [5.41, 5.74) is 1.60. The lowest BCUT2D eigenvalue weighted by Gasteiger charge is -2.27. The maximum absolute atomic E-state index is 14.8. The Bertz CT molecular complexity index is 1010. The highest BCUT2D eigenvalue weighted by Gasteiger charge is 2.32. The van der Waals surface area contributed by atoms with Crippen LogP contribution in [0.25, 0.3) is 5.65 Å². The maximum Gasteiger partial charge on any atom is 0.218 e. The first kappa shape index (κ1) is 17.3. The van der Waals surface area contributed by atoms with Crippen molar-refractivity contribution in [3.8, 4) is 5.88 Å². The number of fused-ring (bicyclic) bond motifs is 1. The van der Waals surface area contributed by atoms with Crippen LogP contribution in [0.3, 0.4) is 0 Å². The van der Waals surface area contributed by atoms with Crippen molar-refractivity contribution < 1.29 is 18.3 Å². The molecule has 9 heteroatoms. The molecule has 4 rings (SSSR count). The van der Waals surface area contributed by atoms with Crippen LogP contribution < -0.4 is 9.64 Å². The lowest BCUT2D eigenvalue weighted by Crippen LogP contribution is -2.26. The molecule has 1 fully saturated rings. The molecule has 0 saturated carbocycles. The number of aromatic nitrogens is 4. The molecule has 7 nitrogen and oxygen atoms in total. The first-order valence-electron chi connectivity index (χ1n) is 8.55. The molecule has 1 saturated heterocycles. The van der Waals surface area contributed by atoms with Crippen LogP contribution in [-0.2, 0) is 11.2 Å². The Morgan fingerprint density at radius 1 is 1.37 bits per heavy atom. The zero-order chi connectivity index (χ0) is 19.0. The van der Waals surface area contributed by atoms with E-state index in [4.69, 9.17) is 4.74 Å². The van der Waals surface area contributed by atoms with Crippen LogP contribution >= 0.6 is 0 Å². The van der Waals surface area contributed by atoms with E-state index in [-0.39, 0.29) is 18.3 Å². The topological polar surface area (TPSA) is 72.6 Å². The number of ether oxygens (including phenoxy) is 1. The van der Waals surface area contributed by atoms with Gasteiger partial charge in [-0.3, -0.25) is 0 Å². The van der Waals surface area contributed by atoms with Crippen molar-refractivity contribution in [2.75, 3.05) is 18.6 Å². The molecule has 3 aromatic rings. The van der Waals surface area contributed by atoms with Crippen molar-refractivity contribution in [3.05, 3.63) is 47.4 Å². The fourth-order valence-electron chi connectivity index (χ4n) is 3.56. The monoisotopic (exact) mass is 373 g/mol. The third-order valence-electron chi connectivity index (χ3n) is 4.73. The molecule has 0 N–H and O–H groups in total. The van der Waals surface area contributed by atoms with E-state index in [9.17, 15) is 13.6 Å². The van der Waals surface area contributed by atoms with Gasteiger partial charge in [-0.05, 0) is 18.9 Å². The molecular formula is C18H17F2N5O2. The van der Waals surface area contributed by atoms with Crippen LogP contribution in [0.5, 0.6) is 5.88 Å². The second kappa shape index (κ2) is 6.90. The average molecular weight is 373 g/mol. The van der Waals surface area contributed by atoms with Crippen molar-refractivity contribution >= 4 is 17.8 Å².